The average Bonchev–Trinajstić information content (AvgIpc) is 2.49. The first-order valence-corrected chi connectivity index (χ1v) is 7.52. The molecule has 0 aliphatic heterocycles. The largest absolute Gasteiger partial charge is 0.478 e. The molecule has 0 amide bonds. The molecule has 0 heterocycles. The van der Waals surface area contributed by atoms with E-state index in [0.717, 1.165) is 16.7 Å². The van der Waals surface area contributed by atoms with Crippen LogP contribution < -0.4 is 4.74 Å². The van der Waals surface area contributed by atoms with Gasteiger partial charge in [-0.1, -0.05) is 56.3 Å². The highest BCUT2D eigenvalue weighted by atomic mass is 16.5. The molecule has 0 saturated heterocycles. The lowest BCUT2D eigenvalue weighted by molar-refractivity contribution is -0.145. The molecule has 2 rings (SSSR count). The van der Waals surface area contributed by atoms with Gasteiger partial charge in [0.1, 0.15) is 5.75 Å². The first kappa shape index (κ1) is 16.1. The fourth-order valence-corrected chi connectivity index (χ4v) is 2.44. The fraction of sp³-hybridized carbons (Fsp3) is 0.316. The van der Waals surface area contributed by atoms with Crippen molar-refractivity contribution in [3.63, 3.8) is 0 Å². The van der Waals surface area contributed by atoms with Gasteiger partial charge in [0.15, 0.2) is 6.10 Å². The normalized spacial score (nSPS) is 12.2. The van der Waals surface area contributed by atoms with E-state index >= 15 is 0 Å². The van der Waals surface area contributed by atoms with Crippen LogP contribution in [-0.2, 0) is 11.2 Å². The second-order valence-corrected chi connectivity index (χ2v) is 5.77. The summed E-state index contributed by atoms with van der Waals surface area (Å²) in [5.74, 6) is -0.00981. The lowest BCUT2D eigenvalue weighted by Gasteiger charge is -2.20. The zero-order chi connectivity index (χ0) is 16.1. The van der Waals surface area contributed by atoms with Crippen LogP contribution in [0.2, 0.25) is 0 Å². The number of ether oxygens (including phenoxy) is 1. The van der Waals surface area contributed by atoms with Gasteiger partial charge in [0.25, 0.3) is 0 Å². The maximum Gasteiger partial charge on any atom is 0.345 e. The van der Waals surface area contributed by atoms with Crippen molar-refractivity contribution < 1.29 is 14.6 Å². The molecule has 0 spiro atoms. The van der Waals surface area contributed by atoms with E-state index < -0.39 is 12.1 Å². The van der Waals surface area contributed by atoms with Crippen LogP contribution >= 0.6 is 0 Å². The Balaban J connectivity index is 2.24. The molecule has 3 heteroatoms. The van der Waals surface area contributed by atoms with Crippen molar-refractivity contribution in [3.05, 3.63) is 65.2 Å². The van der Waals surface area contributed by atoms with Crippen LogP contribution in [0.15, 0.2) is 48.5 Å². The maximum absolute atomic E-state index is 11.6. The Labute approximate surface area is 131 Å². The van der Waals surface area contributed by atoms with Gasteiger partial charge in [0.05, 0.1) is 0 Å². The van der Waals surface area contributed by atoms with Crippen LogP contribution in [0.4, 0.5) is 0 Å². The number of aliphatic carboxylic acids is 1. The molecule has 0 unspecified atom stereocenters. The smallest absolute Gasteiger partial charge is 0.345 e. The van der Waals surface area contributed by atoms with Gasteiger partial charge in [-0.05, 0) is 35.6 Å². The third-order valence-corrected chi connectivity index (χ3v) is 3.75. The van der Waals surface area contributed by atoms with Gasteiger partial charge in [-0.2, -0.15) is 0 Å². The number of para-hydroxylation sites is 1. The first-order valence-electron chi connectivity index (χ1n) is 7.52. The highest BCUT2D eigenvalue weighted by molar-refractivity contribution is 5.73. The second-order valence-electron chi connectivity index (χ2n) is 5.77. The molecule has 0 saturated carbocycles. The Morgan fingerprint density at radius 2 is 1.73 bits per heavy atom. The Morgan fingerprint density at radius 1 is 1.09 bits per heavy atom. The summed E-state index contributed by atoms with van der Waals surface area (Å²) >= 11 is 0. The van der Waals surface area contributed by atoms with Crippen LogP contribution in [0, 0.1) is 6.92 Å². The van der Waals surface area contributed by atoms with Crippen LogP contribution in [-0.4, -0.2) is 17.2 Å². The summed E-state index contributed by atoms with van der Waals surface area (Å²) in [5, 5.41) is 9.49. The lowest BCUT2D eigenvalue weighted by atomic mass is 10.0. The van der Waals surface area contributed by atoms with Gasteiger partial charge >= 0.3 is 5.97 Å². The summed E-state index contributed by atoms with van der Waals surface area (Å²) in [7, 11) is 0. The summed E-state index contributed by atoms with van der Waals surface area (Å²) in [6, 6.07) is 15.4. The number of carboxylic acids is 1. The number of rotatable bonds is 6. The highest BCUT2D eigenvalue weighted by Crippen LogP contribution is 2.27. The zero-order valence-corrected chi connectivity index (χ0v) is 13.2. The maximum atomic E-state index is 11.6. The summed E-state index contributed by atoms with van der Waals surface area (Å²) < 4.78 is 5.83. The van der Waals surface area contributed by atoms with E-state index in [1.54, 1.807) is 0 Å². The van der Waals surface area contributed by atoms with Gasteiger partial charge in [0.2, 0.25) is 0 Å². The van der Waals surface area contributed by atoms with E-state index in [9.17, 15) is 9.90 Å². The molecule has 0 aliphatic rings. The van der Waals surface area contributed by atoms with E-state index in [-0.39, 0.29) is 5.92 Å². The molecule has 3 nitrogen and oxygen atoms in total. The molecule has 0 radical (unpaired) electrons. The van der Waals surface area contributed by atoms with Crippen molar-refractivity contribution in [2.45, 2.75) is 39.2 Å². The van der Waals surface area contributed by atoms with Crippen molar-refractivity contribution in [2.24, 2.45) is 0 Å². The number of benzene rings is 2. The van der Waals surface area contributed by atoms with E-state index in [2.05, 4.69) is 13.8 Å². The predicted molar refractivity (Wildman–Crippen MR) is 87.5 cm³/mol. The molecule has 22 heavy (non-hydrogen) atoms. The number of aryl methyl sites for hydroxylation is 1. The zero-order valence-electron chi connectivity index (χ0n) is 13.2. The molecule has 0 bridgehead atoms. The fourth-order valence-electron chi connectivity index (χ4n) is 2.44. The van der Waals surface area contributed by atoms with Crippen LogP contribution in [0.1, 0.15) is 36.5 Å². The Morgan fingerprint density at radius 3 is 2.36 bits per heavy atom. The van der Waals surface area contributed by atoms with E-state index in [1.807, 2.05) is 55.5 Å². The number of carboxylic acid groups (broad SMARTS) is 1. The van der Waals surface area contributed by atoms with Crippen LogP contribution in [0.3, 0.4) is 0 Å². The van der Waals surface area contributed by atoms with E-state index in [1.165, 1.54) is 0 Å². The first-order chi connectivity index (χ1) is 10.5. The van der Waals surface area contributed by atoms with Crippen LogP contribution in [0.5, 0.6) is 5.75 Å². The second kappa shape index (κ2) is 7.12. The van der Waals surface area contributed by atoms with Gasteiger partial charge in [-0.15, -0.1) is 0 Å². The minimum absolute atomic E-state index is 0.282. The Hall–Kier alpha value is -2.29. The quantitative estimate of drug-likeness (QED) is 0.869. The van der Waals surface area contributed by atoms with Gasteiger partial charge in [-0.25, -0.2) is 4.79 Å². The molecule has 116 valence electrons. The monoisotopic (exact) mass is 298 g/mol. The third-order valence-electron chi connectivity index (χ3n) is 3.75. The SMILES string of the molecule is Cc1ccccc1C[C@@H](Oc1ccccc1C(C)C)C(=O)O. The van der Waals surface area contributed by atoms with Crippen molar-refractivity contribution in [3.8, 4) is 5.75 Å². The lowest BCUT2D eigenvalue weighted by Crippen LogP contribution is -2.30. The van der Waals surface area contributed by atoms with Gasteiger partial charge < -0.3 is 9.84 Å². The van der Waals surface area contributed by atoms with Crippen molar-refractivity contribution in [2.75, 3.05) is 0 Å². The minimum Gasteiger partial charge on any atom is -0.478 e. The number of hydrogen-bond donors (Lipinski definition) is 1. The molecular formula is C19H22O3. The molecule has 2 aromatic rings. The topological polar surface area (TPSA) is 46.5 Å². The van der Waals surface area contributed by atoms with Gasteiger partial charge in [0, 0.05) is 6.42 Å². The Bertz CT molecular complexity index is 647. The van der Waals surface area contributed by atoms with E-state index in [4.69, 9.17) is 4.74 Å². The van der Waals surface area contributed by atoms with E-state index in [0.29, 0.717) is 12.2 Å². The average molecular weight is 298 g/mol. The number of hydrogen-bond acceptors (Lipinski definition) is 2. The third kappa shape index (κ3) is 3.88. The summed E-state index contributed by atoms with van der Waals surface area (Å²) in [5.41, 5.74) is 3.10. The molecule has 2 aromatic carbocycles. The molecule has 0 aliphatic carbocycles. The molecule has 1 atom stereocenters. The van der Waals surface area contributed by atoms with Crippen molar-refractivity contribution >= 4 is 5.97 Å². The number of carbonyl (C=O) groups is 1. The molecular weight excluding hydrogens is 276 g/mol. The molecule has 1 N–H and O–H groups in total. The minimum atomic E-state index is -0.943. The van der Waals surface area contributed by atoms with Crippen LogP contribution in [0.25, 0.3) is 0 Å². The summed E-state index contributed by atoms with van der Waals surface area (Å²) in [4.78, 5) is 11.6. The standard InChI is InChI=1S/C19H22O3/c1-13(2)16-10-6-7-11-17(16)22-18(19(20)21)12-15-9-5-4-8-14(15)3/h4-11,13,18H,12H2,1-3H3,(H,20,21)/t18-/m1/s1. The Kier molecular flexibility index (Phi) is 5.21. The van der Waals surface area contributed by atoms with Gasteiger partial charge in [-0.3, -0.25) is 0 Å². The summed E-state index contributed by atoms with van der Waals surface area (Å²) in [6.07, 6.45) is -0.532. The van der Waals surface area contributed by atoms with Crippen molar-refractivity contribution in [1.29, 1.82) is 0 Å². The molecule has 0 aromatic heterocycles. The summed E-state index contributed by atoms with van der Waals surface area (Å²) in [6.45, 7) is 6.12. The highest BCUT2D eigenvalue weighted by Gasteiger charge is 2.22. The predicted octanol–water partition coefficient (Wildman–Crippen LogP) is 4.19. The van der Waals surface area contributed by atoms with Crippen molar-refractivity contribution in [1.82, 2.24) is 0 Å². The molecule has 0 fully saturated rings.